The second kappa shape index (κ2) is 9.15. The van der Waals surface area contributed by atoms with Crippen molar-refractivity contribution in [3.63, 3.8) is 0 Å². The summed E-state index contributed by atoms with van der Waals surface area (Å²) in [6, 6.07) is 11.9. The fourth-order valence-electron chi connectivity index (χ4n) is 2.45. The molecule has 0 saturated heterocycles. The predicted molar refractivity (Wildman–Crippen MR) is 94.8 cm³/mol. The van der Waals surface area contributed by atoms with E-state index >= 15 is 0 Å². The predicted octanol–water partition coefficient (Wildman–Crippen LogP) is 2.17. The first-order valence-electron chi connectivity index (χ1n) is 8.03. The van der Waals surface area contributed by atoms with Crippen molar-refractivity contribution in [1.82, 2.24) is 15.2 Å². The smallest absolute Gasteiger partial charge is 0.234 e. The number of carbonyl (C=O) groups is 1. The molecule has 24 heavy (non-hydrogen) atoms. The zero-order chi connectivity index (χ0) is 17.4. The van der Waals surface area contributed by atoms with Crippen LogP contribution in [0.15, 0.2) is 48.8 Å². The van der Waals surface area contributed by atoms with E-state index in [0.717, 1.165) is 11.1 Å². The summed E-state index contributed by atoms with van der Waals surface area (Å²) in [6.45, 7) is 3.70. The molecule has 1 heterocycles. The Hall–Kier alpha value is -2.24. The summed E-state index contributed by atoms with van der Waals surface area (Å²) in [5, 5.41) is 3.13. The van der Waals surface area contributed by atoms with Crippen molar-refractivity contribution in [3.8, 4) is 0 Å². The number of methoxy groups -OCH3 is 1. The molecule has 0 aliphatic heterocycles. The molecule has 1 atom stereocenters. The quantitative estimate of drug-likeness (QED) is 0.807. The molecule has 5 heteroatoms. The van der Waals surface area contributed by atoms with E-state index < -0.39 is 0 Å². The van der Waals surface area contributed by atoms with Crippen LogP contribution in [-0.4, -0.2) is 49.6 Å². The minimum Gasteiger partial charge on any atom is -0.383 e. The van der Waals surface area contributed by atoms with Crippen molar-refractivity contribution in [2.24, 2.45) is 0 Å². The van der Waals surface area contributed by atoms with Gasteiger partial charge in [0.2, 0.25) is 5.91 Å². The lowest BCUT2D eigenvalue weighted by Crippen LogP contribution is -2.38. The first-order chi connectivity index (χ1) is 11.6. The molecule has 2 rings (SSSR count). The van der Waals surface area contributed by atoms with Crippen LogP contribution in [0.5, 0.6) is 0 Å². The van der Waals surface area contributed by atoms with Gasteiger partial charge in [0.25, 0.3) is 0 Å². The van der Waals surface area contributed by atoms with Gasteiger partial charge in [-0.2, -0.15) is 0 Å². The molecule has 0 fully saturated rings. The van der Waals surface area contributed by atoms with Crippen LogP contribution in [0.3, 0.4) is 0 Å². The van der Waals surface area contributed by atoms with Gasteiger partial charge in [0.15, 0.2) is 0 Å². The summed E-state index contributed by atoms with van der Waals surface area (Å²) in [4.78, 5) is 18.4. The summed E-state index contributed by atoms with van der Waals surface area (Å²) < 4.78 is 5.04. The number of amides is 1. The van der Waals surface area contributed by atoms with Crippen LogP contribution < -0.4 is 5.32 Å². The number of aromatic nitrogens is 1. The topological polar surface area (TPSA) is 54.5 Å². The lowest BCUT2D eigenvalue weighted by Gasteiger charge is -2.22. The first kappa shape index (κ1) is 18.1. The van der Waals surface area contributed by atoms with Crippen LogP contribution in [0.4, 0.5) is 0 Å². The molecule has 1 amide bonds. The van der Waals surface area contributed by atoms with Gasteiger partial charge in [-0.15, -0.1) is 0 Å². The van der Waals surface area contributed by atoms with Crippen LogP contribution in [0.1, 0.15) is 22.7 Å². The van der Waals surface area contributed by atoms with E-state index in [4.69, 9.17) is 4.74 Å². The normalized spacial score (nSPS) is 12.2. The van der Waals surface area contributed by atoms with Crippen LogP contribution >= 0.6 is 0 Å². The van der Waals surface area contributed by atoms with Crippen molar-refractivity contribution in [2.75, 3.05) is 33.9 Å². The van der Waals surface area contributed by atoms with Crippen LogP contribution in [-0.2, 0) is 9.53 Å². The Morgan fingerprint density at radius 3 is 2.42 bits per heavy atom. The minimum atomic E-state index is -0.183. The Kier molecular flexibility index (Phi) is 6.90. The van der Waals surface area contributed by atoms with Gasteiger partial charge in [-0.25, -0.2) is 0 Å². The van der Waals surface area contributed by atoms with E-state index in [1.54, 1.807) is 19.5 Å². The number of likely N-dealkylation sites (N-methyl/N-ethyl adjacent to an activating group) is 1. The number of hydrogen-bond acceptors (Lipinski definition) is 4. The van der Waals surface area contributed by atoms with Gasteiger partial charge >= 0.3 is 0 Å². The van der Waals surface area contributed by atoms with E-state index in [-0.39, 0.29) is 11.9 Å². The number of nitrogens with zero attached hydrogens (tertiary/aromatic N) is 2. The molecule has 2 aromatic rings. The van der Waals surface area contributed by atoms with Crippen molar-refractivity contribution >= 4 is 5.91 Å². The molecule has 0 bridgehead atoms. The molecule has 1 aromatic carbocycles. The largest absolute Gasteiger partial charge is 0.383 e. The highest BCUT2D eigenvalue weighted by Crippen LogP contribution is 2.22. The molecule has 0 aliphatic carbocycles. The lowest BCUT2D eigenvalue weighted by molar-refractivity contribution is -0.122. The number of hydrogen-bond donors (Lipinski definition) is 1. The summed E-state index contributed by atoms with van der Waals surface area (Å²) >= 11 is 0. The van der Waals surface area contributed by atoms with E-state index in [9.17, 15) is 4.79 Å². The highest BCUT2D eigenvalue weighted by molar-refractivity contribution is 5.79. The third-order valence-electron chi connectivity index (χ3n) is 3.85. The maximum absolute atomic E-state index is 12.4. The van der Waals surface area contributed by atoms with Gasteiger partial charge < -0.3 is 10.1 Å². The maximum Gasteiger partial charge on any atom is 0.234 e. The van der Waals surface area contributed by atoms with Crippen LogP contribution in [0.25, 0.3) is 0 Å². The SMILES string of the molecule is COCCN(C)CC(=O)N[C@@H](c1ccncc1)c1ccc(C)cc1. The molecule has 5 nitrogen and oxygen atoms in total. The summed E-state index contributed by atoms with van der Waals surface area (Å²) in [6.07, 6.45) is 3.49. The highest BCUT2D eigenvalue weighted by Gasteiger charge is 2.17. The number of rotatable bonds is 8. The molecule has 0 radical (unpaired) electrons. The standard InChI is InChI=1S/C19H25N3O2/c1-15-4-6-16(7-5-15)19(17-8-10-20-11-9-17)21-18(23)14-22(2)12-13-24-3/h4-11,19H,12-14H2,1-3H3,(H,21,23)/t19-/m1/s1. The Labute approximate surface area is 143 Å². The third-order valence-corrected chi connectivity index (χ3v) is 3.85. The highest BCUT2D eigenvalue weighted by atomic mass is 16.5. The number of pyridine rings is 1. The molecule has 128 valence electrons. The summed E-state index contributed by atoms with van der Waals surface area (Å²) in [5.74, 6) is -0.0176. The van der Waals surface area contributed by atoms with Crippen molar-refractivity contribution in [2.45, 2.75) is 13.0 Å². The van der Waals surface area contributed by atoms with Gasteiger partial charge in [0, 0.05) is 26.0 Å². The van der Waals surface area contributed by atoms with Crippen molar-refractivity contribution in [1.29, 1.82) is 0 Å². The lowest BCUT2D eigenvalue weighted by atomic mass is 9.98. The first-order valence-corrected chi connectivity index (χ1v) is 8.03. The van der Waals surface area contributed by atoms with Crippen molar-refractivity contribution in [3.05, 3.63) is 65.5 Å². The van der Waals surface area contributed by atoms with E-state index in [1.165, 1.54) is 5.56 Å². The van der Waals surface area contributed by atoms with Gasteiger partial charge in [0.1, 0.15) is 0 Å². The van der Waals surface area contributed by atoms with Gasteiger partial charge in [0.05, 0.1) is 19.2 Å². The molecular weight excluding hydrogens is 302 g/mol. The average Bonchev–Trinajstić information content (AvgIpc) is 2.59. The molecule has 1 N–H and O–H groups in total. The van der Waals surface area contributed by atoms with Crippen LogP contribution in [0.2, 0.25) is 0 Å². The zero-order valence-corrected chi connectivity index (χ0v) is 14.5. The van der Waals surface area contributed by atoms with Gasteiger partial charge in [-0.05, 0) is 37.2 Å². The van der Waals surface area contributed by atoms with E-state index in [2.05, 4.69) is 41.5 Å². The van der Waals surface area contributed by atoms with Gasteiger partial charge in [-0.1, -0.05) is 29.8 Å². The molecule has 0 saturated carbocycles. The fourth-order valence-corrected chi connectivity index (χ4v) is 2.45. The van der Waals surface area contributed by atoms with Gasteiger partial charge in [-0.3, -0.25) is 14.7 Å². The summed E-state index contributed by atoms with van der Waals surface area (Å²) in [7, 11) is 3.57. The Morgan fingerprint density at radius 1 is 1.17 bits per heavy atom. The number of carbonyl (C=O) groups excluding carboxylic acids is 1. The maximum atomic E-state index is 12.4. The molecule has 0 unspecified atom stereocenters. The number of ether oxygens (including phenoxy) is 1. The number of nitrogens with one attached hydrogen (secondary N) is 1. The van der Waals surface area contributed by atoms with E-state index in [1.807, 2.05) is 24.1 Å². The van der Waals surface area contributed by atoms with Crippen molar-refractivity contribution < 1.29 is 9.53 Å². The molecular formula is C19H25N3O2. The molecule has 0 spiro atoms. The molecule has 1 aromatic heterocycles. The molecule has 0 aliphatic rings. The Morgan fingerprint density at radius 2 is 1.79 bits per heavy atom. The Balaban J connectivity index is 2.12. The fraction of sp³-hybridized carbons (Fsp3) is 0.368. The number of benzene rings is 1. The Bertz CT molecular complexity index is 629. The van der Waals surface area contributed by atoms with Crippen LogP contribution in [0, 0.1) is 6.92 Å². The number of aryl methyl sites for hydroxylation is 1. The minimum absolute atomic E-state index is 0.0176. The second-order valence-electron chi connectivity index (χ2n) is 5.92. The second-order valence-corrected chi connectivity index (χ2v) is 5.92. The summed E-state index contributed by atoms with van der Waals surface area (Å²) in [5.41, 5.74) is 3.26. The monoisotopic (exact) mass is 327 g/mol. The third kappa shape index (κ3) is 5.44. The average molecular weight is 327 g/mol. The zero-order valence-electron chi connectivity index (χ0n) is 14.5. The van der Waals surface area contributed by atoms with E-state index in [0.29, 0.717) is 19.7 Å².